The summed E-state index contributed by atoms with van der Waals surface area (Å²) in [6.07, 6.45) is 8.06. The van der Waals surface area contributed by atoms with Crippen LogP contribution in [0, 0.1) is 13.8 Å². The van der Waals surface area contributed by atoms with Gasteiger partial charge in [0.1, 0.15) is 0 Å². The molecule has 0 saturated heterocycles. The summed E-state index contributed by atoms with van der Waals surface area (Å²) >= 11 is 0. The van der Waals surface area contributed by atoms with Crippen molar-refractivity contribution in [2.75, 3.05) is 6.54 Å². The molecule has 5 nitrogen and oxygen atoms in total. The van der Waals surface area contributed by atoms with Crippen molar-refractivity contribution in [2.24, 2.45) is 7.05 Å². The minimum atomic E-state index is 0.913. The first-order valence-corrected chi connectivity index (χ1v) is 6.84. The highest BCUT2D eigenvalue weighted by atomic mass is 15.3. The summed E-state index contributed by atoms with van der Waals surface area (Å²) in [6, 6.07) is 0. The lowest BCUT2D eigenvalue weighted by Gasteiger charge is -2.06. The molecular weight excluding hydrogens is 238 g/mol. The number of imidazole rings is 1. The van der Waals surface area contributed by atoms with Crippen molar-refractivity contribution in [3.63, 3.8) is 0 Å². The lowest BCUT2D eigenvalue weighted by molar-refractivity contribution is 0.567. The Labute approximate surface area is 114 Å². The van der Waals surface area contributed by atoms with E-state index < -0.39 is 0 Å². The number of aryl methyl sites for hydroxylation is 3. The highest BCUT2D eigenvalue weighted by molar-refractivity contribution is 5.23. The van der Waals surface area contributed by atoms with Gasteiger partial charge in [-0.05, 0) is 33.2 Å². The topological polar surface area (TPSA) is 47.7 Å². The average Bonchev–Trinajstić information content (AvgIpc) is 2.97. The van der Waals surface area contributed by atoms with Crippen molar-refractivity contribution in [3.8, 4) is 0 Å². The fourth-order valence-electron chi connectivity index (χ4n) is 2.25. The quantitative estimate of drug-likeness (QED) is 0.773. The number of nitrogens with one attached hydrogen (secondary N) is 1. The summed E-state index contributed by atoms with van der Waals surface area (Å²) < 4.78 is 4.07. The SMILES string of the molecule is Cc1nn(C)c(C)c1CNCCCCn1ccnc1. The van der Waals surface area contributed by atoms with Gasteiger partial charge in [-0.3, -0.25) is 4.68 Å². The van der Waals surface area contributed by atoms with E-state index in [-0.39, 0.29) is 0 Å². The van der Waals surface area contributed by atoms with E-state index >= 15 is 0 Å². The molecule has 0 bridgehead atoms. The number of rotatable bonds is 7. The number of hydrogen-bond donors (Lipinski definition) is 1. The van der Waals surface area contributed by atoms with Crippen molar-refractivity contribution in [3.05, 3.63) is 35.7 Å². The Hall–Kier alpha value is -1.62. The highest BCUT2D eigenvalue weighted by Crippen LogP contribution is 2.11. The van der Waals surface area contributed by atoms with E-state index in [0.717, 1.165) is 25.3 Å². The Morgan fingerprint density at radius 1 is 1.26 bits per heavy atom. The fourth-order valence-corrected chi connectivity index (χ4v) is 2.25. The first-order valence-electron chi connectivity index (χ1n) is 6.84. The van der Waals surface area contributed by atoms with Crippen LogP contribution in [0.25, 0.3) is 0 Å². The van der Waals surface area contributed by atoms with E-state index in [0.29, 0.717) is 0 Å². The smallest absolute Gasteiger partial charge is 0.0945 e. The molecule has 0 fully saturated rings. The largest absolute Gasteiger partial charge is 0.337 e. The second-order valence-corrected chi connectivity index (χ2v) is 4.96. The summed E-state index contributed by atoms with van der Waals surface area (Å²) in [5, 5.41) is 7.92. The second kappa shape index (κ2) is 6.52. The first kappa shape index (κ1) is 13.8. The van der Waals surface area contributed by atoms with Crippen LogP contribution in [-0.4, -0.2) is 25.9 Å². The predicted molar refractivity (Wildman–Crippen MR) is 75.8 cm³/mol. The molecule has 0 spiro atoms. The third kappa shape index (κ3) is 3.67. The zero-order chi connectivity index (χ0) is 13.7. The van der Waals surface area contributed by atoms with Gasteiger partial charge in [-0.25, -0.2) is 4.98 Å². The van der Waals surface area contributed by atoms with Gasteiger partial charge < -0.3 is 9.88 Å². The Morgan fingerprint density at radius 3 is 2.74 bits per heavy atom. The molecule has 2 heterocycles. The van der Waals surface area contributed by atoms with Crippen molar-refractivity contribution in [1.29, 1.82) is 0 Å². The Bertz CT molecular complexity index is 498. The molecule has 104 valence electrons. The van der Waals surface area contributed by atoms with Crippen molar-refractivity contribution >= 4 is 0 Å². The zero-order valence-electron chi connectivity index (χ0n) is 12.1. The molecule has 0 saturated carbocycles. The van der Waals surface area contributed by atoms with Crippen molar-refractivity contribution in [2.45, 2.75) is 39.8 Å². The molecular formula is C14H23N5. The van der Waals surface area contributed by atoms with Gasteiger partial charge in [0.05, 0.1) is 12.0 Å². The van der Waals surface area contributed by atoms with Gasteiger partial charge in [0.15, 0.2) is 0 Å². The molecule has 2 rings (SSSR count). The van der Waals surface area contributed by atoms with Gasteiger partial charge in [0.25, 0.3) is 0 Å². The van der Waals surface area contributed by atoms with E-state index in [9.17, 15) is 0 Å². The molecule has 0 unspecified atom stereocenters. The molecule has 19 heavy (non-hydrogen) atoms. The molecule has 0 aromatic carbocycles. The van der Waals surface area contributed by atoms with E-state index in [4.69, 9.17) is 0 Å². The summed E-state index contributed by atoms with van der Waals surface area (Å²) in [7, 11) is 2.00. The molecule has 0 aliphatic carbocycles. The van der Waals surface area contributed by atoms with Crippen LogP contribution in [0.5, 0.6) is 0 Å². The Kier molecular flexibility index (Phi) is 4.74. The van der Waals surface area contributed by atoms with Crippen LogP contribution < -0.4 is 5.32 Å². The van der Waals surface area contributed by atoms with Crippen LogP contribution in [0.2, 0.25) is 0 Å². The normalized spacial score (nSPS) is 11.1. The molecule has 2 aromatic heterocycles. The van der Waals surface area contributed by atoms with Gasteiger partial charge >= 0.3 is 0 Å². The lowest BCUT2D eigenvalue weighted by Crippen LogP contribution is -2.16. The zero-order valence-corrected chi connectivity index (χ0v) is 12.1. The summed E-state index contributed by atoms with van der Waals surface area (Å²) in [6.45, 7) is 7.20. The number of aromatic nitrogens is 4. The van der Waals surface area contributed by atoms with Crippen LogP contribution in [0.1, 0.15) is 29.8 Å². The maximum Gasteiger partial charge on any atom is 0.0945 e. The van der Waals surface area contributed by atoms with E-state index in [1.807, 2.05) is 30.5 Å². The maximum atomic E-state index is 4.43. The lowest BCUT2D eigenvalue weighted by atomic mass is 10.2. The molecule has 0 aliphatic heterocycles. The van der Waals surface area contributed by atoms with Crippen molar-refractivity contribution in [1.82, 2.24) is 24.6 Å². The van der Waals surface area contributed by atoms with Crippen LogP contribution >= 0.6 is 0 Å². The third-order valence-corrected chi connectivity index (χ3v) is 3.54. The summed E-state index contributed by atoms with van der Waals surface area (Å²) in [5.41, 5.74) is 3.71. The van der Waals surface area contributed by atoms with Crippen LogP contribution in [0.15, 0.2) is 18.7 Å². The second-order valence-electron chi connectivity index (χ2n) is 4.96. The standard InChI is InChI=1S/C14H23N5/c1-12-14(13(2)18(3)17-12)10-15-6-4-5-8-19-9-7-16-11-19/h7,9,11,15H,4-6,8,10H2,1-3H3. The van der Waals surface area contributed by atoms with E-state index in [1.54, 1.807) is 0 Å². The molecule has 0 aliphatic rings. The van der Waals surface area contributed by atoms with Crippen LogP contribution in [0.3, 0.4) is 0 Å². The molecule has 0 amide bonds. The minimum absolute atomic E-state index is 0.913. The van der Waals surface area contributed by atoms with Gasteiger partial charge in [-0.15, -0.1) is 0 Å². The predicted octanol–water partition coefficient (Wildman–Crippen LogP) is 1.80. The number of hydrogen-bond acceptors (Lipinski definition) is 3. The van der Waals surface area contributed by atoms with Gasteiger partial charge in [0.2, 0.25) is 0 Å². The molecule has 5 heteroatoms. The third-order valence-electron chi connectivity index (χ3n) is 3.54. The maximum absolute atomic E-state index is 4.43. The van der Waals surface area contributed by atoms with E-state index in [1.165, 1.54) is 24.1 Å². The summed E-state index contributed by atoms with van der Waals surface area (Å²) in [5.74, 6) is 0. The monoisotopic (exact) mass is 261 g/mol. The molecule has 0 radical (unpaired) electrons. The number of nitrogens with zero attached hydrogens (tertiary/aromatic N) is 4. The van der Waals surface area contributed by atoms with Gasteiger partial charge in [-0.1, -0.05) is 0 Å². The fraction of sp³-hybridized carbons (Fsp3) is 0.571. The highest BCUT2D eigenvalue weighted by Gasteiger charge is 2.07. The first-order chi connectivity index (χ1) is 9.18. The van der Waals surface area contributed by atoms with Crippen molar-refractivity contribution < 1.29 is 0 Å². The minimum Gasteiger partial charge on any atom is -0.337 e. The Morgan fingerprint density at radius 2 is 2.11 bits per heavy atom. The van der Waals surface area contributed by atoms with Gasteiger partial charge in [-0.2, -0.15) is 5.10 Å². The van der Waals surface area contributed by atoms with Crippen LogP contribution in [-0.2, 0) is 20.1 Å². The van der Waals surface area contributed by atoms with Crippen LogP contribution in [0.4, 0.5) is 0 Å². The average molecular weight is 261 g/mol. The molecule has 1 N–H and O–H groups in total. The number of unbranched alkanes of at least 4 members (excludes halogenated alkanes) is 1. The van der Waals surface area contributed by atoms with E-state index in [2.05, 4.69) is 33.8 Å². The molecule has 0 atom stereocenters. The van der Waals surface area contributed by atoms with Gasteiger partial charge in [0, 0.05) is 43.8 Å². The molecule has 2 aromatic rings. The summed E-state index contributed by atoms with van der Waals surface area (Å²) in [4.78, 5) is 4.04. The Balaban J connectivity index is 1.64.